The number of carbonyl (C=O) groups is 1. The van der Waals surface area contributed by atoms with E-state index >= 15 is 0 Å². The van der Waals surface area contributed by atoms with Crippen molar-refractivity contribution in [3.63, 3.8) is 0 Å². The van der Waals surface area contributed by atoms with Crippen LogP contribution in [0.5, 0.6) is 0 Å². The molecule has 1 aromatic heterocycles. The minimum Gasteiger partial charge on any atom is -0.381 e. The molecule has 0 atom stereocenters. The highest BCUT2D eigenvalue weighted by Crippen LogP contribution is 2.25. The molecule has 1 amide bonds. The highest BCUT2D eigenvalue weighted by Gasteiger charge is 2.23. The molecule has 0 bridgehead atoms. The molecular formula is C10H16N4O2. The van der Waals surface area contributed by atoms with Gasteiger partial charge in [0, 0.05) is 26.2 Å². The van der Waals surface area contributed by atoms with Gasteiger partial charge in [-0.15, -0.1) is 0 Å². The number of hydrogen-bond acceptors (Lipinski definition) is 4. The standard InChI is InChI=1S/C10H16N4O2/c1-12-10(15)8-6-13-9(14(8)11)7-2-4-16-5-3-7/h6-7H,2-5,11H2,1H3,(H,12,15). The van der Waals surface area contributed by atoms with E-state index in [9.17, 15) is 4.79 Å². The van der Waals surface area contributed by atoms with Crippen molar-refractivity contribution >= 4 is 5.91 Å². The topological polar surface area (TPSA) is 82.2 Å². The van der Waals surface area contributed by atoms with Crippen LogP contribution in [0.2, 0.25) is 0 Å². The lowest BCUT2D eigenvalue weighted by Crippen LogP contribution is -2.28. The Balaban J connectivity index is 2.21. The second-order valence-electron chi connectivity index (χ2n) is 3.84. The molecule has 0 aliphatic carbocycles. The summed E-state index contributed by atoms with van der Waals surface area (Å²) in [5.41, 5.74) is 0.393. The zero-order valence-corrected chi connectivity index (χ0v) is 9.27. The highest BCUT2D eigenvalue weighted by molar-refractivity contribution is 5.92. The third-order valence-corrected chi connectivity index (χ3v) is 2.87. The van der Waals surface area contributed by atoms with Crippen LogP contribution in [-0.2, 0) is 4.74 Å². The second-order valence-corrected chi connectivity index (χ2v) is 3.84. The molecule has 88 valence electrons. The summed E-state index contributed by atoms with van der Waals surface area (Å²) in [5, 5.41) is 2.53. The van der Waals surface area contributed by atoms with Crippen LogP contribution in [0.4, 0.5) is 0 Å². The smallest absolute Gasteiger partial charge is 0.271 e. The van der Waals surface area contributed by atoms with Crippen LogP contribution in [-0.4, -0.2) is 35.8 Å². The van der Waals surface area contributed by atoms with Gasteiger partial charge in [0.1, 0.15) is 11.5 Å². The average Bonchev–Trinajstić information content (AvgIpc) is 2.71. The Morgan fingerprint density at radius 1 is 1.62 bits per heavy atom. The van der Waals surface area contributed by atoms with Crippen LogP contribution < -0.4 is 11.2 Å². The van der Waals surface area contributed by atoms with E-state index in [1.54, 1.807) is 7.05 Å². The van der Waals surface area contributed by atoms with Gasteiger partial charge in [-0.3, -0.25) is 4.79 Å². The first-order chi connectivity index (χ1) is 7.74. The lowest BCUT2D eigenvalue weighted by atomic mass is 10.00. The van der Waals surface area contributed by atoms with Gasteiger partial charge in [-0.05, 0) is 12.8 Å². The molecular weight excluding hydrogens is 208 g/mol. The molecule has 6 heteroatoms. The summed E-state index contributed by atoms with van der Waals surface area (Å²) in [6, 6.07) is 0. The maximum absolute atomic E-state index is 11.5. The molecule has 16 heavy (non-hydrogen) atoms. The largest absolute Gasteiger partial charge is 0.381 e. The number of imidazole rings is 1. The number of amides is 1. The van der Waals surface area contributed by atoms with Crippen molar-refractivity contribution in [3.8, 4) is 0 Å². The van der Waals surface area contributed by atoms with Gasteiger partial charge in [0.2, 0.25) is 0 Å². The van der Waals surface area contributed by atoms with E-state index < -0.39 is 0 Å². The summed E-state index contributed by atoms with van der Waals surface area (Å²) < 4.78 is 6.66. The Kier molecular flexibility index (Phi) is 3.09. The molecule has 2 rings (SSSR count). The van der Waals surface area contributed by atoms with Gasteiger partial charge >= 0.3 is 0 Å². The SMILES string of the molecule is CNC(=O)c1cnc(C2CCOCC2)n1N. The minimum absolute atomic E-state index is 0.215. The van der Waals surface area contributed by atoms with Crippen molar-refractivity contribution in [2.75, 3.05) is 26.1 Å². The zero-order chi connectivity index (χ0) is 11.5. The van der Waals surface area contributed by atoms with Crippen LogP contribution in [0, 0.1) is 0 Å². The number of nitrogens with one attached hydrogen (secondary N) is 1. The number of hydrogen-bond donors (Lipinski definition) is 2. The molecule has 1 saturated heterocycles. The average molecular weight is 224 g/mol. The molecule has 1 aliphatic rings. The lowest BCUT2D eigenvalue weighted by Gasteiger charge is -2.21. The van der Waals surface area contributed by atoms with E-state index in [4.69, 9.17) is 10.6 Å². The lowest BCUT2D eigenvalue weighted by molar-refractivity contribution is 0.0830. The Morgan fingerprint density at radius 3 is 2.94 bits per heavy atom. The summed E-state index contributed by atoms with van der Waals surface area (Å²) in [6.45, 7) is 1.46. The summed E-state index contributed by atoms with van der Waals surface area (Å²) in [4.78, 5) is 15.7. The Labute approximate surface area is 93.8 Å². The molecule has 6 nitrogen and oxygen atoms in total. The first-order valence-corrected chi connectivity index (χ1v) is 5.36. The number of nitrogens with zero attached hydrogens (tertiary/aromatic N) is 2. The van der Waals surface area contributed by atoms with Crippen LogP contribution in [0.3, 0.4) is 0 Å². The molecule has 0 radical (unpaired) electrons. The number of ether oxygens (including phenoxy) is 1. The Morgan fingerprint density at radius 2 is 2.31 bits per heavy atom. The molecule has 2 heterocycles. The van der Waals surface area contributed by atoms with E-state index in [2.05, 4.69) is 10.3 Å². The first kappa shape index (κ1) is 10.9. The van der Waals surface area contributed by atoms with Crippen molar-refractivity contribution in [3.05, 3.63) is 17.7 Å². The molecule has 0 aromatic carbocycles. The fourth-order valence-corrected chi connectivity index (χ4v) is 1.93. The number of carbonyl (C=O) groups excluding carboxylic acids is 1. The van der Waals surface area contributed by atoms with Crippen molar-refractivity contribution in [2.24, 2.45) is 0 Å². The maximum atomic E-state index is 11.5. The molecule has 0 saturated carbocycles. The summed E-state index contributed by atoms with van der Waals surface area (Å²) in [6.07, 6.45) is 3.33. The zero-order valence-electron chi connectivity index (χ0n) is 9.27. The van der Waals surface area contributed by atoms with E-state index in [-0.39, 0.29) is 11.8 Å². The summed E-state index contributed by atoms with van der Waals surface area (Å²) >= 11 is 0. The van der Waals surface area contributed by atoms with E-state index in [1.807, 2.05) is 0 Å². The first-order valence-electron chi connectivity index (χ1n) is 5.36. The number of rotatable bonds is 2. The maximum Gasteiger partial charge on any atom is 0.271 e. The van der Waals surface area contributed by atoms with E-state index in [1.165, 1.54) is 10.9 Å². The molecule has 1 fully saturated rings. The minimum atomic E-state index is -0.215. The third kappa shape index (κ3) is 1.88. The molecule has 1 aliphatic heterocycles. The monoisotopic (exact) mass is 224 g/mol. The van der Waals surface area contributed by atoms with Gasteiger partial charge in [-0.25, -0.2) is 9.66 Å². The van der Waals surface area contributed by atoms with E-state index in [0.29, 0.717) is 5.69 Å². The number of nitrogen functional groups attached to an aromatic ring is 1. The van der Waals surface area contributed by atoms with Gasteiger partial charge in [-0.1, -0.05) is 0 Å². The van der Waals surface area contributed by atoms with Crippen LogP contribution >= 0.6 is 0 Å². The van der Waals surface area contributed by atoms with Gasteiger partial charge in [0.25, 0.3) is 5.91 Å². The van der Waals surface area contributed by atoms with Crippen LogP contribution in [0.15, 0.2) is 6.20 Å². The van der Waals surface area contributed by atoms with Crippen LogP contribution in [0.1, 0.15) is 35.1 Å². The molecule has 1 aromatic rings. The second kappa shape index (κ2) is 4.52. The normalized spacial score (nSPS) is 17.3. The number of nitrogens with two attached hydrogens (primary N) is 1. The van der Waals surface area contributed by atoms with Crippen molar-refractivity contribution in [2.45, 2.75) is 18.8 Å². The van der Waals surface area contributed by atoms with Crippen molar-refractivity contribution in [1.29, 1.82) is 0 Å². The highest BCUT2D eigenvalue weighted by atomic mass is 16.5. The third-order valence-electron chi connectivity index (χ3n) is 2.87. The van der Waals surface area contributed by atoms with Crippen LogP contribution in [0.25, 0.3) is 0 Å². The predicted octanol–water partition coefficient (Wildman–Crippen LogP) is -0.149. The van der Waals surface area contributed by atoms with Gasteiger partial charge in [-0.2, -0.15) is 0 Å². The molecule has 0 spiro atoms. The Bertz CT molecular complexity index is 382. The predicted molar refractivity (Wildman–Crippen MR) is 58.6 cm³/mol. The van der Waals surface area contributed by atoms with Crippen molar-refractivity contribution < 1.29 is 9.53 Å². The van der Waals surface area contributed by atoms with Gasteiger partial charge in [0.05, 0.1) is 6.20 Å². The molecule has 3 N–H and O–H groups in total. The van der Waals surface area contributed by atoms with Gasteiger partial charge < -0.3 is 15.9 Å². The van der Waals surface area contributed by atoms with Crippen molar-refractivity contribution in [1.82, 2.24) is 15.0 Å². The Hall–Kier alpha value is -1.56. The molecule has 0 unspecified atom stereocenters. The van der Waals surface area contributed by atoms with Gasteiger partial charge in [0.15, 0.2) is 0 Å². The fraction of sp³-hybridized carbons (Fsp3) is 0.600. The quantitative estimate of drug-likeness (QED) is 0.684. The summed E-state index contributed by atoms with van der Waals surface area (Å²) in [5.74, 6) is 6.70. The van der Waals surface area contributed by atoms with E-state index in [0.717, 1.165) is 31.9 Å². The number of aromatic nitrogens is 2. The fourth-order valence-electron chi connectivity index (χ4n) is 1.93. The summed E-state index contributed by atoms with van der Waals surface area (Å²) in [7, 11) is 1.57.